The predicted molar refractivity (Wildman–Crippen MR) is 102 cm³/mol. The van der Waals surface area contributed by atoms with Crippen LogP contribution >= 0.6 is 0 Å². The number of fused-ring (bicyclic) bond motifs is 1. The Kier molecular flexibility index (Phi) is 3.87. The number of aromatic nitrogens is 3. The Bertz CT molecular complexity index is 1000. The van der Waals surface area contributed by atoms with Crippen molar-refractivity contribution in [3.63, 3.8) is 0 Å². The van der Waals surface area contributed by atoms with Gasteiger partial charge in [0.15, 0.2) is 5.69 Å². The number of carbonyl (C=O) groups excluding carboxylic acids is 1. The summed E-state index contributed by atoms with van der Waals surface area (Å²) in [5.41, 5.74) is 6.40. The van der Waals surface area contributed by atoms with Crippen LogP contribution in [0, 0.1) is 20.8 Å². The molecular weight excluding hydrogens is 324 g/mol. The molecule has 1 amide bonds. The van der Waals surface area contributed by atoms with Crippen LogP contribution in [0.15, 0.2) is 42.5 Å². The molecule has 1 aliphatic heterocycles. The molecule has 2 heterocycles. The van der Waals surface area contributed by atoms with Crippen molar-refractivity contribution in [3.05, 3.63) is 70.5 Å². The van der Waals surface area contributed by atoms with E-state index in [0.717, 1.165) is 23.4 Å². The van der Waals surface area contributed by atoms with Gasteiger partial charge in [-0.25, -0.2) is 0 Å². The van der Waals surface area contributed by atoms with E-state index >= 15 is 0 Å². The molecule has 0 bridgehead atoms. The Morgan fingerprint density at radius 3 is 2.58 bits per heavy atom. The molecule has 5 heteroatoms. The fourth-order valence-corrected chi connectivity index (χ4v) is 3.70. The lowest BCUT2D eigenvalue weighted by atomic mass is 10.1. The van der Waals surface area contributed by atoms with E-state index in [9.17, 15) is 4.79 Å². The highest BCUT2D eigenvalue weighted by Crippen LogP contribution is 2.33. The Morgan fingerprint density at radius 1 is 1.04 bits per heavy atom. The van der Waals surface area contributed by atoms with Crippen molar-refractivity contribution in [2.45, 2.75) is 40.2 Å². The molecule has 0 radical (unpaired) electrons. The first kappa shape index (κ1) is 16.5. The van der Waals surface area contributed by atoms with Crippen LogP contribution < -0.4 is 4.90 Å². The molecule has 0 saturated heterocycles. The molecule has 5 nitrogen and oxygen atoms in total. The van der Waals surface area contributed by atoms with Gasteiger partial charge in [-0.2, -0.15) is 9.90 Å². The summed E-state index contributed by atoms with van der Waals surface area (Å²) in [7, 11) is 0. The lowest BCUT2D eigenvalue weighted by molar-refractivity contribution is 0.0975. The predicted octanol–water partition coefficient (Wildman–Crippen LogP) is 3.78. The molecule has 132 valence electrons. The highest BCUT2D eigenvalue weighted by atomic mass is 16.2. The van der Waals surface area contributed by atoms with Gasteiger partial charge in [0.1, 0.15) is 0 Å². The van der Waals surface area contributed by atoms with Crippen LogP contribution in [-0.4, -0.2) is 26.9 Å². The summed E-state index contributed by atoms with van der Waals surface area (Å²) in [4.78, 5) is 16.7. The van der Waals surface area contributed by atoms with Crippen molar-refractivity contribution in [2.75, 3.05) is 4.90 Å². The molecule has 0 spiro atoms. The molecule has 4 rings (SSSR count). The second-order valence-corrected chi connectivity index (χ2v) is 7.07. The van der Waals surface area contributed by atoms with Crippen molar-refractivity contribution in [2.24, 2.45) is 0 Å². The smallest absolute Gasteiger partial charge is 0.281 e. The number of hydrogen-bond donors (Lipinski definition) is 0. The summed E-state index contributed by atoms with van der Waals surface area (Å²) in [6.45, 7) is 8.00. The first-order valence-corrected chi connectivity index (χ1v) is 8.88. The van der Waals surface area contributed by atoms with Crippen molar-refractivity contribution in [1.29, 1.82) is 0 Å². The van der Waals surface area contributed by atoms with Gasteiger partial charge in [-0.15, -0.1) is 5.10 Å². The van der Waals surface area contributed by atoms with E-state index in [2.05, 4.69) is 36.2 Å². The molecule has 0 fully saturated rings. The van der Waals surface area contributed by atoms with Gasteiger partial charge in [0, 0.05) is 11.7 Å². The van der Waals surface area contributed by atoms with E-state index < -0.39 is 0 Å². The van der Waals surface area contributed by atoms with Gasteiger partial charge in [0.2, 0.25) is 0 Å². The van der Waals surface area contributed by atoms with Gasteiger partial charge in [-0.1, -0.05) is 35.9 Å². The molecule has 0 aliphatic carbocycles. The Labute approximate surface area is 153 Å². The molecule has 1 aliphatic rings. The second-order valence-electron chi connectivity index (χ2n) is 7.07. The molecule has 1 atom stereocenters. The largest absolute Gasteiger partial charge is 0.304 e. The van der Waals surface area contributed by atoms with E-state index in [1.807, 2.05) is 49.1 Å². The van der Waals surface area contributed by atoms with Crippen molar-refractivity contribution in [3.8, 4) is 5.69 Å². The van der Waals surface area contributed by atoms with E-state index in [4.69, 9.17) is 0 Å². The van der Waals surface area contributed by atoms with Gasteiger partial charge in [0.05, 0.1) is 11.4 Å². The summed E-state index contributed by atoms with van der Waals surface area (Å²) in [5.74, 6) is -0.0871. The maximum atomic E-state index is 13.2. The van der Waals surface area contributed by atoms with Crippen LogP contribution in [0.3, 0.4) is 0 Å². The zero-order chi connectivity index (χ0) is 18.4. The van der Waals surface area contributed by atoms with E-state index in [0.29, 0.717) is 11.4 Å². The van der Waals surface area contributed by atoms with Gasteiger partial charge in [-0.3, -0.25) is 4.79 Å². The van der Waals surface area contributed by atoms with Crippen molar-refractivity contribution < 1.29 is 4.79 Å². The van der Waals surface area contributed by atoms with Gasteiger partial charge < -0.3 is 4.90 Å². The summed E-state index contributed by atoms with van der Waals surface area (Å²) in [5, 5.41) is 9.04. The Morgan fingerprint density at radius 2 is 1.81 bits per heavy atom. The SMILES string of the molecule is Cc1ccc(-n2nc(C)c(C(=O)N3c4ccccc4CC3C)n2)c(C)c1. The van der Waals surface area contributed by atoms with Crippen molar-refractivity contribution in [1.82, 2.24) is 15.0 Å². The maximum Gasteiger partial charge on any atom is 0.281 e. The van der Waals surface area contributed by atoms with Gasteiger partial charge in [-0.05, 0) is 57.4 Å². The lowest BCUT2D eigenvalue weighted by Gasteiger charge is -2.21. The third-order valence-corrected chi connectivity index (χ3v) is 4.98. The fraction of sp³-hybridized carbons (Fsp3) is 0.286. The molecule has 26 heavy (non-hydrogen) atoms. The van der Waals surface area contributed by atoms with E-state index in [1.165, 1.54) is 11.1 Å². The lowest BCUT2D eigenvalue weighted by Crippen LogP contribution is -2.36. The van der Waals surface area contributed by atoms with Crippen LogP contribution in [0.2, 0.25) is 0 Å². The standard InChI is InChI=1S/C21H22N4O/c1-13-9-10-18(14(2)11-13)25-22-16(4)20(23-25)21(26)24-15(3)12-17-7-5-6-8-19(17)24/h5-11,15H,12H2,1-4H3. The van der Waals surface area contributed by atoms with Crippen LogP contribution in [-0.2, 0) is 6.42 Å². The average molecular weight is 346 g/mol. The molecule has 3 aromatic rings. The Balaban J connectivity index is 1.73. The second kappa shape index (κ2) is 6.09. The number of para-hydroxylation sites is 1. The normalized spacial score (nSPS) is 16.0. The molecule has 1 aromatic heterocycles. The highest BCUT2D eigenvalue weighted by Gasteiger charge is 2.33. The van der Waals surface area contributed by atoms with E-state index in [-0.39, 0.29) is 11.9 Å². The van der Waals surface area contributed by atoms with Crippen LogP contribution in [0.1, 0.15) is 39.8 Å². The fourth-order valence-electron chi connectivity index (χ4n) is 3.70. The summed E-state index contributed by atoms with van der Waals surface area (Å²) in [6.07, 6.45) is 0.867. The number of rotatable bonds is 2. The van der Waals surface area contributed by atoms with E-state index in [1.54, 1.807) is 4.80 Å². The molecule has 2 aromatic carbocycles. The minimum absolute atomic E-state index is 0.0871. The number of aryl methyl sites for hydroxylation is 3. The summed E-state index contributed by atoms with van der Waals surface area (Å²) in [6, 6.07) is 14.3. The maximum absolute atomic E-state index is 13.2. The third-order valence-electron chi connectivity index (χ3n) is 4.98. The topological polar surface area (TPSA) is 51.0 Å². The average Bonchev–Trinajstić information content (AvgIpc) is 3.13. The minimum atomic E-state index is -0.0871. The molecule has 1 unspecified atom stereocenters. The Hall–Kier alpha value is -2.95. The number of anilines is 1. The first-order valence-electron chi connectivity index (χ1n) is 8.88. The zero-order valence-corrected chi connectivity index (χ0v) is 15.5. The number of nitrogens with zero attached hydrogens (tertiary/aromatic N) is 4. The minimum Gasteiger partial charge on any atom is -0.304 e. The summed E-state index contributed by atoms with van der Waals surface area (Å²) < 4.78 is 0. The number of hydrogen-bond acceptors (Lipinski definition) is 3. The quantitative estimate of drug-likeness (QED) is 0.709. The number of benzene rings is 2. The van der Waals surface area contributed by atoms with Gasteiger partial charge in [0.25, 0.3) is 5.91 Å². The van der Waals surface area contributed by atoms with Crippen LogP contribution in [0.4, 0.5) is 5.69 Å². The molecule has 0 N–H and O–H groups in total. The van der Waals surface area contributed by atoms with Gasteiger partial charge >= 0.3 is 0 Å². The third kappa shape index (κ3) is 2.60. The monoisotopic (exact) mass is 346 g/mol. The molecular formula is C21H22N4O. The zero-order valence-electron chi connectivity index (χ0n) is 15.5. The molecule has 0 saturated carbocycles. The van der Waals surface area contributed by atoms with Crippen LogP contribution in [0.25, 0.3) is 5.69 Å². The first-order chi connectivity index (χ1) is 12.5. The highest BCUT2D eigenvalue weighted by molar-refractivity contribution is 6.07. The van der Waals surface area contributed by atoms with Crippen LogP contribution in [0.5, 0.6) is 0 Å². The number of amides is 1. The summed E-state index contributed by atoms with van der Waals surface area (Å²) >= 11 is 0. The number of carbonyl (C=O) groups is 1. The van der Waals surface area contributed by atoms with Crippen molar-refractivity contribution >= 4 is 11.6 Å².